The van der Waals surface area contributed by atoms with E-state index in [1.54, 1.807) is 11.3 Å². The van der Waals surface area contributed by atoms with E-state index in [4.69, 9.17) is 4.74 Å². The molecule has 0 bridgehead atoms. The van der Waals surface area contributed by atoms with Crippen LogP contribution < -0.4 is 0 Å². The van der Waals surface area contributed by atoms with E-state index in [-0.39, 0.29) is 11.5 Å². The van der Waals surface area contributed by atoms with Gasteiger partial charge in [-0.05, 0) is 17.5 Å². The van der Waals surface area contributed by atoms with Gasteiger partial charge in [-0.15, -0.1) is 11.3 Å². The molecule has 1 saturated heterocycles. The maximum absolute atomic E-state index is 9.42. The first-order chi connectivity index (χ1) is 8.52. The smallest absolute Gasteiger partial charge is 0.133 e. The molecule has 98 valence electrons. The average Bonchev–Trinajstić information content (AvgIpc) is 2.81. The quantitative estimate of drug-likeness (QED) is 0.824. The fraction of sp³-hybridized carbons (Fsp3) is 0.643. The SMILES string of the molecule is CC(C)(C)c1ccc(C(C#N)N2CCOCC2)s1. The molecule has 2 heterocycles. The molecule has 1 aromatic heterocycles. The molecule has 1 fully saturated rings. The lowest BCUT2D eigenvalue weighted by molar-refractivity contribution is 0.0272. The Bertz CT molecular complexity index is 435. The second kappa shape index (κ2) is 5.40. The molecule has 1 aliphatic heterocycles. The van der Waals surface area contributed by atoms with Crippen molar-refractivity contribution in [2.45, 2.75) is 32.2 Å². The molecule has 0 N–H and O–H groups in total. The molecule has 0 saturated carbocycles. The summed E-state index contributed by atoms with van der Waals surface area (Å²) in [7, 11) is 0. The standard InChI is InChI=1S/C14H20N2OS/c1-14(2,3)13-5-4-12(18-13)11(10-15)16-6-8-17-9-7-16/h4-5,11H,6-9H2,1-3H3. The zero-order valence-corrected chi connectivity index (χ0v) is 12.1. The Labute approximate surface area is 113 Å². The van der Waals surface area contributed by atoms with Gasteiger partial charge in [0.15, 0.2) is 0 Å². The number of nitriles is 1. The highest BCUT2D eigenvalue weighted by atomic mass is 32.1. The van der Waals surface area contributed by atoms with E-state index >= 15 is 0 Å². The summed E-state index contributed by atoms with van der Waals surface area (Å²) >= 11 is 1.76. The summed E-state index contributed by atoms with van der Waals surface area (Å²) in [6.07, 6.45) is 0. The van der Waals surface area contributed by atoms with Crippen LogP contribution >= 0.6 is 11.3 Å². The van der Waals surface area contributed by atoms with E-state index in [9.17, 15) is 5.26 Å². The summed E-state index contributed by atoms with van der Waals surface area (Å²) in [5, 5.41) is 9.42. The van der Waals surface area contributed by atoms with Crippen LogP contribution in [0.1, 0.15) is 36.6 Å². The van der Waals surface area contributed by atoms with Crippen LogP contribution in [0.2, 0.25) is 0 Å². The van der Waals surface area contributed by atoms with Gasteiger partial charge in [0.05, 0.1) is 19.3 Å². The number of hydrogen-bond donors (Lipinski definition) is 0. The van der Waals surface area contributed by atoms with Gasteiger partial charge in [0.25, 0.3) is 0 Å². The minimum Gasteiger partial charge on any atom is -0.379 e. The normalized spacial score (nSPS) is 19.4. The number of morpholine rings is 1. The molecule has 2 rings (SSSR count). The number of rotatable bonds is 2. The number of nitrogens with zero attached hydrogens (tertiary/aromatic N) is 2. The van der Waals surface area contributed by atoms with Crippen LogP contribution in [0.15, 0.2) is 12.1 Å². The maximum atomic E-state index is 9.42. The molecule has 0 radical (unpaired) electrons. The van der Waals surface area contributed by atoms with Gasteiger partial charge >= 0.3 is 0 Å². The highest BCUT2D eigenvalue weighted by Crippen LogP contribution is 2.34. The third-order valence-corrected chi connectivity index (χ3v) is 4.73. The van der Waals surface area contributed by atoms with Crippen LogP contribution in [0, 0.1) is 11.3 Å². The Morgan fingerprint density at radius 2 is 2.00 bits per heavy atom. The van der Waals surface area contributed by atoms with Crippen molar-refractivity contribution in [2.24, 2.45) is 0 Å². The summed E-state index contributed by atoms with van der Waals surface area (Å²) < 4.78 is 5.34. The van der Waals surface area contributed by atoms with Gasteiger partial charge in [0.1, 0.15) is 6.04 Å². The first-order valence-electron chi connectivity index (χ1n) is 6.34. The van der Waals surface area contributed by atoms with E-state index in [2.05, 4.69) is 43.9 Å². The molecule has 3 nitrogen and oxygen atoms in total. The van der Waals surface area contributed by atoms with E-state index in [0.29, 0.717) is 0 Å². The molecule has 4 heteroatoms. The Balaban J connectivity index is 2.18. The Hall–Kier alpha value is -0.890. The monoisotopic (exact) mass is 264 g/mol. The maximum Gasteiger partial charge on any atom is 0.133 e. The topological polar surface area (TPSA) is 36.3 Å². The van der Waals surface area contributed by atoms with Crippen LogP contribution in [0.3, 0.4) is 0 Å². The van der Waals surface area contributed by atoms with Crippen molar-refractivity contribution in [2.75, 3.05) is 26.3 Å². The summed E-state index contributed by atoms with van der Waals surface area (Å²) in [6.45, 7) is 9.78. The van der Waals surface area contributed by atoms with Gasteiger partial charge in [-0.25, -0.2) is 0 Å². The van der Waals surface area contributed by atoms with Crippen molar-refractivity contribution in [3.8, 4) is 6.07 Å². The van der Waals surface area contributed by atoms with Gasteiger partial charge < -0.3 is 4.74 Å². The molecular formula is C14H20N2OS. The first-order valence-corrected chi connectivity index (χ1v) is 7.15. The first kappa shape index (κ1) is 13.5. The molecule has 18 heavy (non-hydrogen) atoms. The fourth-order valence-corrected chi connectivity index (χ4v) is 3.21. The lowest BCUT2D eigenvalue weighted by Crippen LogP contribution is -2.38. The van der Waals surface area contributed by atoms with Gasteiger partial charge in [-0.1, -0.05) is 20.8 Å². The lowest BCUT2D eigenvalue weighted by Gasteiger charge is -2.29. The van der Waals surface area contributed by atoms with Crippen molar-refractivity contribution >= 4 is 11.3 Å². The lowest BCUT2D eigenvalue weighted by atomic mass is 9.95. The molecule has 0 spiro atoms. The van der Waals surface area contributed by atoms with Gasteiger partial charge in [0, 0.05) is 22.8 Å². The Morgan fingerprint density at radius 3 is 2.50 bits per heavy atom. The van der Waals surface area contributed by atoms with Crippen LogP contribution in [-0.4, -0.2) is 31.2 Å². The zero-order chi connectivity index (χ0) is 13.2. The molecule has 0 amide bonds. The third kappa shape index (κ3) is 2.92. The van der Waals surface area contributed by atoms with E-state index in [0.717, 1.165) is 31.2 Å². The van der Waals surface area contributed by atoms with Crippen LogP contribution in [-0.2, 0) is 10.2 Å². The second-order valence-electron chi connectivity index (χ2n) is 5.63. The number of thiophene rings is 1. The molecule has 1 unspecified atom stereocenters. The summed E-state index contributed by atoms with van der Waals surface area (Å²) in [6, 6.07) is 6.58. The highest BCUT2D eigenvalue weighted by Gasteiger charge is 2.25. The van der Waals surface area contributed by atoms with Crippen molar-refractivity contribution in [3.63, 3.8) is 0 Å². The highest BCUT2D eigenvalue weighted by molar-refractivity contribution is 7.12. The molecule has 0 aromatic carbocycles. The predicted octanol–water partition coefficient (Wildman–Crippen LogP) is 2.94. The Kier molecular flexibility index (Phi) is 4.06. The predicted molar refractivity (Wildman–Crippen MR) is 73.8 cm³/mol. The van der Waals surface area contributed by atoms with E-state index in [1.165, 1.54) is 4.88 Å². The number of hydrogen-bond acceptors (Lipinski definition) is 4. The van der Waals surface area contributed by atoms with Crippen LogP contribution in [0.25, 0.3) is 0 Å². The van der Waals surface area contributed by atoms with E-state index in [1.807, 2.05) is 0 Å². The molecule has 1 aliphatic rings. The third-order valence-electron chi connectivity index (χ3n) is 3.17. The largest absolute Gasteiger partial charge is 0.379 e. The fourth-order valence-electron chi connectivity index (χ4n) is 2.06. The summed E-state index contributed by atoms with van der Waals surface area (Å²) in [4.78, 5) is 4.71. The van der Waals surface area contributed by atoms with Crippen molar-refractivity contribution in [1.29, 1.82) is 5.26 Å². The van der Waals surface area contributed by atoms with Crippen molar-refractivity contribution in [3.05, 3.63) is 21.9 Å². The van der Waals surface area contributed by atoms with Gasteiger partial charge in [-0.3, -0.25) is 4.90 Å². The van der Waals surface area contributed by atoms with Crippen LogP contribution in [0.4, 0.5) is 0 Å². The molecule has 1 atom stereocenters. The summed E-state index contributed by atoms with van der Waals surface area (Å²) in [5.74, 6) is 0. The number of ether oxygens (including phenoxy) is 1. The van der Waals surface area contributed by atoms with Crippen molar-refractivity contribution in [1.82, 2.24) is 4.90 Å². The zero-order valence-electron chi connectivity index (χ0n) is 11.3. The Morgan fingerprint density at radius 1 is 1.33 bits per heavy atom. The van der Waals surface area contributed by atoms with Gasteiger partial charge in [0.2, 0.25) is 0 Å². The van der Waals surface area contributed by atoms with E-state index < -0.39 is 0 Å². The molecular weight excluding hydrogens is 244 g/mol. The average molecular weight is 264 g/mol. The van der Waals surface area contributed by atoms with Crippen molar-refractivity contribution < 1.29 is 4.74 Å². The molecule has 1 aromatic rings. The van der Waals surface area contributed by atoms with Gasteiger partial charge in [-0.2, -0.15) is 5.26 Å². The summed E-state index contributed by atoms with van der Waals surface area (Å²) in [5.41, 5.74) is 0.161. The molecule has 0 aliphatic carbocycles. The minimum absolute atomic E-state index is 0.116. The minimum atomic E-state index is -0.116. The van der Waals surface area contributed by atoms with Crippen LogP contribution in [0.5, 0.6) is 0 Å². The second-order valence-corrected chi connectivity index (χ2v) is 6.75.